The van der Waals surface area contributed by atoms with Gasteiger partial charge in [0.05, 0.1) is 24.5 Å². The van der Waals surface area contributed by atoms with Crippen molar-refractivity contribution in [3.8, 4) is 0 Å². The number of carbonyl (C=O) groups excluding carboxylic acids is 2. The second kappa shape index (κ2) is 10.1. The standard InChI is InChI=1S/C25H29ClN4O4/c1-2-25(12-22(31)32)9-8-15-10-16(6-7-19(15)23(25)33)20-13-28-21(14-27-20)30-24(34)29-18-5-3-4-17(26)11-18/h3-5,11,13-16,19H,2,6-10,12H2,1H3,(H,31,32)(H2,28,29,30,34). The zero-order chi connectivity index (χ0) is 24.3. The first-order valence-corrected chi connectivity index (χ1v) is 12.1. The number of amides is 2. The van der Waals surface area contributed by atoms with Gasteiger partial charge in [0.1, 0.15) is 5.78 Å². The topological polar surface area (TPSA) is 121 Å². The Morgan fingerprint density at radius 3 is 2.68 bits per heavy atom. The first-order chi connectivity index (χ1) is 16.3. The van der Waals surface area contributed by atoms with Crippen molar-refractivity contribution in [1.29, 1.82) is 0 Å². The SMILES string of the molecule is CCC1(CC(=O)O)CCC2CC(c3cnc(NC(=O)Nc4cccc(Cl)c4)cn3)CCC2C1=O. The fourth-order valence-electron chi connectivity index (χ4n) is 5.57. The number of hydrogen-bond acceptors (Lipinski definition) is 5. The number of benzene rings is 1. The van der Waals surface area contributed by atoms with Crippen LogP contribution in [0.3, 0.4) is 0 Å². The molecule has 2 aromatic rings. The quantitative estimate of drug-likeness (QED) is 0.497. The molecule has 8 nitrogen and oxygen atoms in total. The van der Waals surface area contributed by atoms with Crippen LogP contribution in [0.15, 0.2) is 36.7 Å². The molecule has 0 spiro atoms. The van der Waals surface area contributed by atoms with Gasteiger partial charge in [0.2, 0.25) is 0 Å². The predicted octanol–water partition coefficient (Wildman–Crippen LogP) is 5.51. The second-order valence-electron chi connectivity index (χ2n) is 9.40. The molecule has 2 saturated carbocycles. The summed E-state index contributed by atoms with van der Waals surface area (Å²) in [6.45, 7) is 1.92. The van der Waals surface area contributed by atoms with Crippen molar-refractivity contribution >= 4 is 40.9 Å². The van der Waals surface area contributed by atoms with E-state index in [0.717, 1.165) is 31.4 Å². The third kappa shape index (κ3) is 5.22. The van der Waals surface area contributed by atoms with E-state index in [0.29, 0.717) is 29.4 Å². The van der Waals surface area contributed by atoms with Crippen molar-refractivity contribution < 1.29 is 19.5 Å². The maximum absolute atomic E-state index is 13.2. The largest absolute Gasteiger partial charge is 0.481 e. The highest BCUT2D eigenvalue weighted by molar-refractivity contribution is 6.30. The molecular formula is C25H29ClN4O4. The summed E-state index contributed by atoms with van der Waals surface area (Å²) >= 11 is 5.94. The van der Waals surface area contributed by atoms with Crippen LogP contribution in [0.1, 0.15) is 63.5 Å². The van der Waals surface area contributed by atoms with Gasteiger partial charge in [0.15, 0.2) is 5.82 Å². The van der Waals surface area contributed by atoms with Gasteiger partial charge in [-0.2, -0.15) is 0 Å². The van der Waals surface area contributed by atoms with Gasteiger partial charge in [-0.1, -0.05) is 24.6 Å². The zero-order valence-corrected chi connectivity index (χ0v) is 19.8. The molecule has 34 heavy (non-hydrogen) atoms. The van der Waals surface area contributed by atoms with Gasteiger partial charge in [-0.3, -0.25) is 19.9 Å². The summed E-state index contributed by atoms with van der Waals surface area (Å²) in [6, 6.07) is 6.41. The highest BCUT2D eigenvalue weighted by Crippen LogP contribution is 2.51. The average Bonchev–Trinajstić information content (AvgIpc) is 2.81. The van der Waals surface area contributed by atoms with E-state index in [9.17, 15) is 19.5 Å². The number of rotatable bonds is 6. The van der Waals surface area contributed by atoms with E-state index >= 15 is 0 Å². The lowest BCUT2D eigenvalue weighted by atomic mass is 9.57. The minimum Gasteiger partial charge on any atom is -0.481 e. The molecule has 1 heterocycles. The number of Topliss-reactive ketones (excluding diaryl/α,β-unsaturated/α-hetero) is 1. The number of aliphatic carboxylic acids is 1. The number of fused-ring (bicyclic) bond motifs is 1. The van der Waals surface area contributed by atoms with E-state index in [4.69, 9.17) is 11.6 Å². The Kier molecular flexibility index (Phi) is 7.16. The molecule has 1 aromatic heterocycles. The van der Waals surface area contributed by atoms with Crippen LogP contribution in [0, 0.1) is 17.3 Å². The summed E-state index contributed by atoms with van der Waals surface area (Å²) in [7, 11) is 0. The number of aromatic nitrogens is 2. The molecule has 0 aliphatic heterocycles. The number of carbonyl (C=O) groups is 3. The summed E-state index contributed by atoms with van der Waals surface area (Å²) in [4.78, 5) is 45.7. The monoisotopic (exact) mass is 484 g/mol. The molecule has 2 fully saturated rings. The van der Waals surface area contributed by atoms with E-state index in [1.165, 1.54) is 0 Å². The van der Waals surface area contributed by atoms with Gasteiger partial charge in [0, 0.05) is 28.0 Å². The number of carboxylic acid groups (broad SMARTS) is 1. The number of urea groups is 1. The van der Waals surface area contributed by atoms with Crippen molar-refractivity contribution in [3.63, 3.8) is 0 Å². The predicted molar refractivity (Wildman–Crippen MR) is 129 cm³/mol. The fraction of sp³-hybridized carbons (Fsp3) is 0.480. The van der Waals surface area contributed by atoms with E-state index in [1.54, 1.807) is 36.7 Å². The van der Waals surface area contributed by atoms with Crippen molar-refractivity contribution in [1.82, 2.24) is 9.97 Å². The summed E-state index contributed by atoms with van der Waals surface area (Å²) < 4.78 is 0. The first-order valence-electron chi connectivity index (χ1n) is 11.7. The first kappa shape index (κ1) is 24.1. The number of halogens is 1. The van der Waals surface area contributed by atoms with Crippen LogP contribution in [-0.2, 0) is 9.59 Å². The van der Waals surface area contributed by atoms with Crippen LogP contribution < -0.4 is 10.6 Å². The lowest BCUT2D eigenvalue weighted by Crippen LogP contribution is -2.46. The average molecular weight is 485 g/mol. The third-order valence-corrected chi connectivity index (χ3v) is 7.65. The van der Waals surface area contributed by atoms with Crippen molar-refractivity contribution in [2.45, 2.75) is 57.8 Å². The molecule has 1 aromatic carbocycles. The second-order valence-corrected chi connectivity index (χ2v) is 9.84. The van der Waals surface area contributed by atoms with Crippen LogP contribution in [0.5, 0.6) is 0 Å². The molecule has 0 saturated heterocycles. The van der Waals surface area contributed by atoms with Crippen molar-refractivity contribution in [3.05, 3.63) is 47.4 Å². The summed E-state index contributed by atoms with van der Waals surface area (Å²) in [6.07, 6.45) is 7.65. The Bertz CT molecular complexity index is 1080. The lowest BCUT2D eigenvalue weighted by molar-refractivity contribution is -0.151. The summed E-state index contributed by atoms with van der Waals surface area (Å²) in [5.74, 6) is -0.0251. The number of ketones is 1. The molecular weight excluding hydrogens is 456 g/mol. The molecule has 2 aliphatic carbocycles. The number of anilines is 2. The molecule has 0 radical (unpaired) electrons. The molecule has 2 aliphatic rings. The number of nitrogens with one attached hydrogen (secondary N) is 2. The zero-order valence-electron chi connectivity index (χ0n) is 19.1. The van der Waals surface area contributed by atoms with Gasteiger partial charge in [-0.05, 0) is 62.6 Å². The Labute approximate surface area is 203 Å². The Morgan fingerprint density at radius 1 is 1.18 bits per heavy atom. The molecule has 2 amide bonds. The highest BCUT2D eigenvalue weighted by atomic mass is 35.5. The van der Waals surface area contributed by atoms with Gasteiger partial charge in [0.25, 0.3) is 0 Å². The van der Waals surface area contributed by atoms with Crippen molar-refractivity contribution in [2.24, 2.45) is 17.3 Å². The van der Waals surface area contributed by atoms with Gasteiger partial charge >= 0.3 is 12.0 Å². The smallest absolute Gasteiger partial charge is 0.324 e. The normalized spacial score (nSPS) is 26.4. The minimum atomic E-state index is -0.896. The van der Waals surface area contributed by atoms with E-state index < -0.39 is 17.4 Å². The molecule has 9 heteroatoms. The number of hydrogen-bond donors (Lipinski definition) is 3. The molecule has 0 bridgehead atoms. The number of nitrogens with zero attached hydrogens (tertiary/aromatic N) is 2. The van der Waals surface area contributed by atoms with E-state index in [-0.39, 0.29) is 30.0 Å². The fourth-order valence-corrected chi connectivity index (χ4v) is 5.76. The Balaban J connectivity index is 1.35. The maximum atomic E-state index is 13.2. The van der Waals surface area contributed by atoms with Gasteiger partial charge < -0.3 is 10.4 Å². The molecule has 4 unspecified atom stereocenters. The van der Waals surface area contributed by atoms with E-state index in [1.807, 2.05) is 6.92 Å². The van der Waals surface area contributed by atoms with Crippen LogP contribution >= 0.6 is 11.6 Å². The van der Waals surface area contributed by atoms with Crippen molar-refractivity contribution in [2.75, 3.05) is 10.6 Å². The third-order valence-electron chi connectivity index (χ3n) is 7.42. The van der Waals surface area contributed by atoms with Gasteiger partial charge in [-0.15, -0.1) is 0 Å². The van der Waals surface area contributed by atoms with Crippen LogP contribution in [-0.4, -0.2) is 32.9 Å². The maximum Gasteiger partial charge on any atom is 0.324 e. The van der Waals surface area contributed by atoms with Crippen LogP contribution in [0.2, 0.25) is 5.02 Å². The Morgan fingerprint density at radius 2 is 2.00 bits per heavy atom. The minimum absolute atomic E-state index is 0.0617. The van der Waals surface area contributed by atoms with Crippen LogP contribution in [0.25, 0.3) is 0 Å². The summed E-state index contributed by atoms with van der Waals surface area (Å²) in [5, 5.41) is 15.2. The summed E-state index contributed by atoms with van der Waals surface area (Å²) in [5.41, 5.74) is 0.715. The Hall–Kier alpha value is -3.00. The van der Waals surface area contributed by atoms with Crippen LogP contribution in [0.4, 0.5) is 16.3 Å². The molecule has 4 atom stereocenters. The van der Waals surface area contributed by atoms with E-state index in [2.05, 4.69) is 20.6 Å². The number of carboxylic acids is 1. The molecule has 3 N–H and O–H groups in total. The lowest BCUT2D eigenvalue weighted by Gasteiger charge is -2.46. The molecule has 180 valence electrons. The molecule has 4 rings (SSSR count). The highest BCUT2D eigenvalue weighted by Gasteiger charge is 2.50. The van der Waals surface area contributed by atoms with Gasteiger partial charge in [-0.25, -0.2) is 9.78 Å².